The Morgan fingerprint density at radius 2 is 1.36 bits per heavy atom. The SMILES string of the molecule is CC(C)COP(=S)([S-])OCC(C)C.[Zn+2]. The van der Waals surface area contributed by atoms with Crippen LogP contribution in [-0.2, 0) is 52.6 Å². The van der Waals surface area contributed by atoms with E-state index >= 15 is 0 Å². The molecule has 0 aromatic rings. The Morgan fingerprint density at radius 3 is 1.57 bits per heavy atom. The van der Waals surface area contributed by atoms with Crippen LogP contribution in [0.3, 0.4) is 0 Å². The van der Waals surface area contributed by atoms with Crippen LogP contribution in [0, 0.1) is 11.8 Å². The predicted molar refractivity (Wildman–Crippen MR) is 63.2 cm³/mol. The Hall–Kier alpha value is 1.54. The second kappa shape index (κ2) is 8.67. The molecule has 0 aliphatic heterocycles. The Balaban J connectivity index is 0. The van der Waals surface area contributed by atoms with Crippen LogP contribution >= 0.6 is 5.69 Å². The van der Waals surface area contributed by atoms with Gasteiger partial charge in [-0.3, -0.25) is 0 Å². The number of hydrogen-bond acceptors (Lipinski definition) is 4. The van der Waals surface area contributed by atoms with Crippen molar-refractivity contribution in [2.75, 3.05) is 13.2 Å². The standard InChI is InChI=1S/C8H19O2PS2.Zn/c1-7(2)5-9-11(12,13)10-6-8(3)4;/h7-8H,5-6H2,1-4H3,(H,12,13);/q;+2/p-1. The van der Waals surface area contributed by atoms with Crippen LogP contribution in [-0.4, -0.2) is 13.2 Å². The first-order valence-electron chi connectivity index (χ1n) is 4.43. The molecule has 0 unspecified atom stereocenters. The monoisotopic (exact) mass is 305 g/mol. The Bertz CT molecular complexity index is 172. The third-order valence-corrected chi connectivity index (χ3v) is 3.33. The van der Waals surface area contributed by atoms with Crippen molar-refractivity contribution >= 4 is 29.7 Å². The minimum atomic E-state index is -2.38. The van der Waals surface area contributed by atoms with Crippen molar-refractivity contribution in [3.8, 4) is 0 Å². The molecule has 0 bridgehead atoms. The van der Waals surface area contributed by atoms with Crippen LogP contribution < -0.4 is 0 Å². The van der Waals surface area contributed by atoms with Gasteiger partial charge in [0.15, 0.2) is 0 Å². The van der Waals surface area contributed by atoms with Crippen molar-refractivity contribution in [2.45, 2.75) is 27.7 Å². The second-order valence-corrected chi connectivity index (χ2v) is 8.81. The zero-order chi connectivity index (χ0) is 10.5. The van der Waals surface area contributed by atoms with Gasteiger partial charge in [0, 0.05) is 0 Å². The van der Waals surface area contributed by atoms with Gasteiger partial charge in [-0.25, -0.2) is 0 Å². The average molecular weight is 307 g/mol. The van der Waals surface area contributed by atoms with Crippen molar-refractivity contribution < 1.29 is 28.5 Å². The maximum Gasteiger partial charge on any atom is 2.00 e. The summed E-state index contributed by atoms with van der Waals surface area (Å²) in [6.45, 7) is 9.44. The Kier molecular flexibility index (Phi) is 11.1. The quantitative estimate of drug-likeness (QED) is 0.426. The van der Waals surface area contributed by atoms with E-state index in [9.17, 15) is 0 Å². The van der Waals surface area contributed by atoms with E-state index in [4.69, 9.17) is 33.1 Å². The largest absolute Gasteiger partial charge is 2.00 e. The van der Waals surface area contributed by atoms with E-state index in [-0.39, 0.29) is 19.5 Å². The van der Waals surface area contributed by atoms with Crippen molar-refractivity contribution in [1.29, 1.82) is 0 Å². The van der Waals surface area contributed by atoms with Crippen LogP contribution in [0.1, 0.15) is 27.7 Å². The van der Waals surface area contributed by atoms with Gasteiger partial charge in [-0.15, -0.1) is 0 Å². The summed E-state index contributed by atoms with van der Waals surface area (Å²) >= 11 is 10.1. The summed E-state index contributed by atoms with van der Waals surface area (Å²) in [6.07, 6.45) is 0. The fraction of sp³-hybridized carbons (Fsp3) is 1.00. The molecule has 0 aromatic heterocycles. The molecule has 0 saturated carbocycles. The minimum Gasteiger partial charge on any atom is -0.691 e. The molecule has 0 radical (unpaired) electrons. The molecular formula is C8H18O2PS2Zn+. The normalized spacial score (nSPS) is 11.9. The molecule has 0 rings (SSSR count). The Labute approximate surface area is 111 Å². The molecule has 0 spiro atoms. The van der Waals surface area contributed by atoms with E-state index in [2.05, 4.69) is 27.7 Å². The minimum absolute atomic E-state index is 0. The molecule has 0 saturated heterocycles. The summed E-state index contributed by atoms with van der Waals surface area (Å²) < 4.78 is 10.7. The molecule has 0 amide bonds. The van der Waals surface area contributed by atoms with E-state index in [0.29, 0.717) is 25.0 Å². The molecule has 80 valence electrons. The Morgan fingerprint density at radius 1 is 1.07 bits per heavy atom. The summed E-state index contributed by atoms with van der Waals surface area (Å²) in [4.78, 5) is 0. The fourth-order valence-corrected chi connectivity index (χ4v) is 2.28. The fourth-order valence-electron chi connectivity index (χ4n) is 0.518. The van der Waals surface area contributed by atoms with Gasteiger partial charge in [-0.1, -0.05) is 39.5 Å². The molecule has 0 heterocycles. The molecule has 0 aliphatic rings. The molecule has 0 aliphatic carbocycles. The first kappa shape index (κ1) is 17.9. The summed E-state index contributed by atoms with van der Waals surface area (Å²) in [6, 6.07) is 0. The van der Waals surface area contributed by atoms with Crippen molar-refractivity contribution in [1.82, 2.24) is 0 Å². The molecular weight excluding hydrogens is 289 g/mol. The number of hydrogen-bond donors (Lipinski definition) is 0. The molecule has 14 heavy (non-hydrogen) atoms. The van der Waals surface area contributed by atoms with Gasteiger partial charge < -0.3 is 21.3 Å². The molecule has 0 fully saturated rings. The average Bonchev–Trinajstić information content (AvgIpc) is 1.98. The zero-order valence-corrected chi connectivity index (χ0v) is 14.9. The van der Waals surface area contributed by atoms with Gasteiger partial charge in [-0.05, 0) is 11.8 Å². The van der Waals surface area contributed by atoms with Gasteiger partial charge in [0.1, 0.15) is 0 Å². The first-order chi connectivity index (χ1) is 5.83. The molecule has 0 N–H and O–H groups in total. The maximum absolute atomic E-state index is 5.36. The van der Waals surface area contributed by atoms with E-state index in [1.165, 1.54) is 0 Å². The van der Waals surface area contributed by atoms with Crippen LogP contribution in [0.15, 0.2) is 0 Å². The van der Waals surface area contributed by atoms with Crippen LogP contribution in [0.25, 0.3) is 0 Å². The van der Waals surface area contributed by atoms with Gasteiger partial charge in [0.2, 0.25) is 0 Å². The van der Waals surface area contributed by atoms with Crippen molar-refractivity contribution in [2.24, 2.45) is 11.8 Å². The van der Waals surface area contributed by atoms with Crippen LogP contribution in [0.4, 0.5) is 0 Å². The van der Waals surface area contributed by atoms with E-state index in [0.717, 1.165) is 0 Å². The first-order valence-corrected chi connectivity index (χ1v) is 8.09. The van der Waals surface area contributed by atoms with E-state index < -0.39 is 5.69 Å². The van der Waals surface area contributed by atoms with Gasteiger partial charge in [0.05, 0.1) is 18.9 Å². The number of rotatable bonds is 6. The second-order valence-electron chi connectivity index (χ2n) is 3.83. The predicted octanol–water partition coefficient (Wildman–Crippen LogP) is 3.10. The summed E-state index contributed by atoms with van der Waals surface area (Å²) in [5, 5.41) is 0. The molecule has 0 aromatic carbocycles. The van der Waals surface area contributed by atoms with Crippen molar-refractivity contribution in [3.63, 3.8) is 0 Å². The third kappa shape index (κ3) is 11.6. The summed E-state index contributed by atoms with van der Waals surface area (Å²) in [5.74, 6) is 0.904. The topological polar surface area (TPSA) is 18.5 Å². The van der Waals surface area contributed by atoms with E-state index in [1.807, 2.05) is 0 Å². The molecule has 0 atom stereocenters. The van der Waals surface area contributed by atoms with Crippen molar-refractivity contribution in [3.05, 3.63) is 0 Å². The van der Waals surface area contributed by atoms with Gasteiger partial charge in [-0.2, -0.15) is 0 Å². The van der Waals surface area contributed by atoms with Gasteiger partial charge in [0.25, 0.3) is 0 Å². The van der Waals surface area contributed by atoms with Crippen LogP contribution in [0.5, 0.6) is 0 Å². The molecule has 2 nitrogen and oxygen atoms in total. The maximum atomic E-state index is 5.36. The summed E-state index contributed by atoms with van der Waals surface area (Å²) in [7, 11) is 0. The van der Waals surface area contributed by atoms with Crippen LogP contribution in [0.2, 0.25) is 0 Å². The van der Waals surface area contributed by atoms with E-state index in [1.54, 1.807) is 0 Å². The van der Waals surface area contributed by atoms with Gasteiger partial charge >= 0.3 is 19.5 Å². The smallest absolute Gasteiger partial charge is 0.691 e. The summed E-state index contributed by atoms with van der Waals surface area (Å²) in [5.41, 5.74) is -2.38. The zero-order valence-electron chi connectivity index (χ0n) is 9.36. The molecule has 6 heteroatoms. The third-order valence-electron chi connectivity index (χ3n) is 1.13.